The Morgan fingerprint density at radius 1 is 1.00 bits per heavy atom. The van der Waals surface area contributed by atoms with Crippen LogP contribution < -0.4 is 0 Å². The Morgan fingerprint density at radius 3 is 1.79 bits per heavy atom. The molecule has 0 aromatic heterocycles. The van der Waals surface area contributed by atoms with Crippen LogP contribution in [0.1, 0.15) is 0 Å². The second kappa shape index (κ2) is 4.07. The van der Waals surface area contributed by atoms with Crippen molar-refractivity contribution in [3.05, 3.63) is 0 Å². The lowest BCUT2D eigenvalue weighted by Gasteiger charge is -2.31. The summed E-state index contributed by atoms with van der Waals surface area (Å²) in [5.74, 6) is 0. The van der Waals surface area contributed by atoms with Crippen LogP contribution in [-0.4, -0.2) is 74.1 Å². The van der Waals surface area contributed by atoms with E-state index in [1.165, 1.54) is 0 Å². The summed E-state index contributed by atoms with van der Waals surface area (Å²) in [6.07, 6.45) is -6.19. The zero-order valence-corrected chi connectivity index (χ0v) is 7.32. The van der Waals surface area contributed by atoms with Gasteiger partial charge >= 0.3 is 0 Å². The smallest absolute Gasteiger partial charge is 0.184 e. The van der Waals surface area contributed by atoms with Crippen LogP contribution in [-0.2, 0) is 4.74 Å². The molecule has 1 aliphatic rings. The molecule has 84 valence electrons. The molecule has 0 amide bonds. The maximum absolute atomic E-state index is 9.53. The third-order valence-electron chi connectivity index (χ3n) is 2.32. The summed E-state index contributed by atoms with van der Waals surface area (Å²) in [6.45, 7) is -1.71. The van der Waals surface area contributed by atoms with Crippen molar-refractivity contribution in [2.75, 3.05) is 13.2 Å². The van der Waals surface area contributed by atoms with E-state index in [-0.39, 0.29) is 0 Å². The van der Waals surface area contributed by atoms with Crippen LogP contribution in [0.4, 0.5) is 0 Å². The molecule has 0 bridgehead atoms. The van der Waals surface area contributed by atoms with Crippen LogP contribution in [0.2, 0.25) is 0 Å². The minimum Gasteiger partial charge on any atom is -0.393 e. The number of ether oxygens (including phenoxy) is 1. The number of aliphatic hydroxyl groups is 6. The van der Waals surface area contributed by atoms with Crippen LogP contribution in [0, 0.1) is 0 Å². The van der Waals surface area contributed by atoms with E-state index < -0.39 is 43.4 Å². The molecule has 1 rings (SSSR count). The van der Waals surface area contributed by atoms with Crippen molar-refractivity contribution in [3.63, 3.8) is 0 Å². The van der Waals surface area contributed by atoms with Crippen LogP contribution in [0.25, 0.3) is 0 Å². The molecule has 0 aromatic carbocycles. The van der Waals surface area contributed by atoms with E-state index in [0.29, 0.717) is 0 Å². The average molecular weight is 210 g/mol. The minimum absolute atomic E-state index is 0.856. The Morgan fingerprint density at radius 2 is 1.50 bits per heavy atom. The van der Waals surface area contributed by atoms with Crippen molar-refractivity contribution >= 4 is 0 Å². The normalized spacial score (nSPS) is 39.0. The standard InChI is InChI=1S/C7H14O7/c8-1-7(13,2-9)5-3(10)4(11)6(12)14-5/h3-6,8-13H,1-2H2/t3-,4-,5-,6?/m1/s1. The van der Waals surface area contributed by atoms with Crippen LogP contribution >= 0.6 is 0 Å². The SMILES string of the molecule is OCC(O)(CO)[C@@H]1OC(O)[C@H](O)[C@H]1O. The topological polar surface area (TPSA) is 131 Å². The van der Waals surface area contributed by atoms with Crippen molar-refractivity contribution in [2.45, 2.75) is 30.2 Å². The highest BCUT2D eigenvalue weighted by Crippen LogP contribution is 2.27. The van der Waals surface area contributed by atoms with Crippen molar-refractivity contribution in [1.82, 2.24) is 0 Å². The minimum atomic E-state index is -2.09. The Kier molecular flexibility index (Phi) is 3.43. The Hall–Kier alpha value is -0.280. The summed E-state index contributed by atoms with van der Waals surface area (Å²) < 4.78 is 4.62. The predicted octanol–water partition coefficient (Wildman–Crippen LogP) is -3.86. The molecule has 0 radical (unpaired) electrons. The molecule has 1 unspecified atom stereocenters. The third kappa shape index (κ3) is 1.75. The van der Waals surface area contributed by atoms with Gasteiger partial charge in [-0.2, -0.15) is 0 Å². The summed E-state index contributed by atoms with van der Waals surface area (Å²) in [6, 6.07) is 0. The molecule has 1 aliphatic heterocycles. The molecule has 1 saturated heterocycles. The van der Waals surface area contributed by atoms with Gasteiger partial charge in [0.05, 0.1) is 13.2 Å². The van der Waals surface area contributed by atoms with Gasteiger partial charge in [-0.1, -0.05) is 0 Å². The van der Waals surface area contributed by atoms with Crippen LogP contribution in [0.15, 0.2) is 0 Å². The maximum Gasteiger partial charge on any atom is 0.184 e. The van der Waals surface area contributed by atoms with Gasteiger partial charge in [0.15, 0.2) is 6.29 Å². The largest absolute Gasteiger partial charge is 0.393 e. The molecule has 0 saturated carbocycles. The zero-order valence-electron chi connectivity index (χ0n) is 7.32. The summed E-state index contributed by atoms with van der Waals surface area (Å²) in [5.41, 5.74) is -2.09. The van der Waals surface area contributed by atoms with Gasteiger partial charge in [-0.05, 0) is 0 Å². The molecule has 6 N–H and O–H groups in total. The Labute approximate surface area is 79.8 Å². The fraction of sp³-hybridized carbons (Fsp3) is 1.00. The lowest BCUT2D eigenvalue weighted by atomic mass is 9.93. The number of hydrogen-bond donors (Lipinski definition) is 6. The first-order valence-corrected chi connectivity index (χ1v) is 4.10. The van der Waals surface area contributed by atoms with Gasteiger partial charge in [-0.15, -0.1) is 0 Å². The average Bonchev–Trinajstić information content (AvgIpc) is 2.45. The Bertz CT molecular complexity index is 192. The van der Waals surface area contributed by atoms with E-state index in [0.717, 1.165) is 0 Å². The first-order chi connectivity index (χ1) is 6.46. The lowest BCUT2D eigenvalue weighted by Crippen LogP contribution is -2.54. The molecular weight excluding hydrogens is 196 g/mol. The first kappa shape index (κ1) is 11.8. The second-order valence-electron chi connectivity index (χ2n) is 3.35. The van der Waals surface area contributed by atoms with Crippen molar-refractivity contribution in [2.24, 2.45) is 0 Å². The Balaban J connectivity index is 2.79. The third-order valence-corrected chi connectivity index (χ3v) is 2.32. The number of hydrogen-bond acceptors (Lipinski definition) is 7. The fourth-order valence-corrected chi connectivity index (χ4v) is 1.33. The number of aliphatic hydroxyl groups excluding tert-OH is 5. The summed E-state index contributed by atoms with van der Waals surface area (Å²) in [7, 11) is 0. The molecule has 0 aliphatic carbocycles. The van der Waals surface area contributed by atoms with E-state index in [1.54, 1.807) is 0 Å². The zero-order chi connectivity index (χ0) is 10.9. The maximum atomic E-state index is 9.53. The molecule has 14 heavy (non-hydrogen) atoms. The van der Waals surface area contributed by atoms with E-state index >= 15 is 0 Å². The van der Waals surface area contributed by atoms with Crippen molar-refractivity contribution in [3.8, 4) is 0 Å². The monoisotopic (exact) mass is 210 g/mol. The van der Waals surface area contributed by atoms with Crippen molar-refractivity contribution < 1.29 is 35.4 Å². The molecule has 1 fully saturated rings. The highest BCUT2D eigenvalue weighted by atomic mass is 16.7. The van der Waals surface area contributed by atoms with Crippen LogP contribution in [0.3, 0.4) is 0 Å². The van der Waals surface area contributed by atoms with Gasteiger partial charge < -0.3 is 35.4 Å². The van der Waals surface area contributed by atoms with Crippen LogP contribution in [0.5, 0.6) is 0 Å². The van der Waals surface area contributed by atoms with Gasteiger partial charge in [0.1, 0.15) is 23.9 Å². The first-order valence-electron chi connectivity index (χ1n) is 4.10. The summed E-state index contributed by atoms with van der Waals surface area (Å²) >= 11 is 0. The van der Waals surface area contributed by atoms with Gasteiger partial charge in [-0.25, -0.2) is 0 Å². The summed E-state index contributed by atoms with van der Waals surface area (Å²) in [5, 5.41) is 54.5. The molecule has 0 spiro atoms. The van der Waals surface area contributed by atoms with E-state index in [9.17, 15) is 10.2 Å². The molecule has 7 nitrogen and oxygen atoms in total. The molecule has 0 aromatic rings. The lowest BCUT2D eigenvalue weighted by molar-refractivity contribution is -0.196. The highest BCUT2D eigenvalue weighted by Gasteiger charge is 2.52. The molecule has 1 heterocycles. The predicted molar refractivity (Wildman–Crippen MR) is 42.0 cm³/mol. The second-order valence-corrected chi connectivity index (χ2v) is 3.35. The quantitative estimate of drug-likeness (QED) is 0.281. The van der Waals surface area contributed by atoms with Gasteiger partial charge in [0.2, 0.25) is 0 Å². The molecule has 4 atom stereocenters. The van der Waals surface area contributed by atoms with Crippen molar-refractivity contribution in [1.29, 1.82) is 0 Å². The van der Waals surface area contributed by atoms with E-state index in [1.807, 2.05) is 0 Å². The molecule has 7 heteroatoms. The van der Waals surface area contributed by atoms with E-state index in [4.69, 9.17) is 20.4 Å². The summed E-state index contributed by atoms with van der Waals surface area (Å²) in [4.78, 5) is 0. The van der Waals surface area contributed by atoms with Gasteiger partial charge in [0.25, 0.3) is 0 Å². The molecular formula is C7H14O7. The van der Waals surface area contributed by atoms with E-state index in [2.05, 4.69) is 4.74 Å². The number of rotatable bonds is 3. The van der Waals surface area contributed by atoms with Gasteiger partial charge in [-0.3, -0.25) is 0 Å². The fourth-order valence-electron chi connectivity index (χ4n) is 1.33. The highest BCUT2D eigenvalue weighted by molar-refractivity contribution is 4.98. The van der Waals surface area contributed by atoms with Gasteiger partial charge in [0, 0.05) is 0 Å².